The Bertz CT molecular complexity index is 939. The number of hydrogen-bond donors (Lipinski definition) is 1. The van der Waals surface area contributed by atoms with E-state index in [1.807, 2.05) is 28.9 Å². The van der Waals surface area contributed by atoms with Crippen LogP contribution in [0.15, 0.2) is 42.9 Å². The lowest BCUT2D eigenvalue weighted by Gasteiger charge is -2.49. The van der Waals surface area contributed by atoms with Crippen molar-refractivity contribution in [2.75, 3.05) is 18.0 Å². The number of hydrogen-bond acceptors (Lipinski definition) is 5. The minimum atomic E-state index is 0.565. The molecule has 0 aromatic carbocycles. The van der Waals surface area contributed by atoms with Crippen molar-refractivity contribution in [3.05, 3.63) is 48.4 Å². The number of anilines is 1. The third-order valence-corrected chi connectivity index (χ3v) is 4.94. The van der Waals surface area contributed by atoms with Crippen molar-refractivity contribution in [2.24, 2.45) is 0 Å². The van der Waals surface area contributed by atoms with Crippen molar-refractivity contribution in [1.82, 2.24) is 19.9 Å². The summed E-state index contributed by atoms with van der Waals surface area (Å²) in [4.78, 5) is 6.53. The summed E-state index contributed by atoms with van der Waals surface area (Å²) in [6.45, 7) is 1.96. The van der Waals surface area contributed by atoms with Crippen LogP contribution < -0.4 is 10.2 Å². The maximum Gasteiger partial charge on any atom is 0.113 e. The highest BCUT2D eigenvalue weighted by Gasteiger charge is 2.37. The van der Waals surface area contributed by atoms with Crippen molar-refractivity contribution in [2.45, 2.75) is 18.5 Å². The summed E-state index contributed by atoms with van der Waals surface area (Å²) in [7, 11) is 0. The first-order valence-electron chi connectivity index (χ1n) is 8.16. The summed E-state index contributed by atoms with van der Waals surface area (Å²) >= 11 is 0. The van der Waals surface area contributed by atoms with Crippen LogP contribution in [0.3, 0.4) is 0 Å². The van der Waals surface area contributed by atoms with E-state index in [9.17, 15) is 5.26 Å². The summed E-state index contributed by atoms with van der Waals surface area (Å²) in [5.74, 6) is 0. The second kappa shape index (κ2) is 5.05. The van der Waals surface area contributed by atoms with Gasteiger partial charge in [-0.1, -0.05) is 0 Å². The minimum Gasteiger partial charge on any atom is -0.367 e. The highest BCUT2D eigenvalue weighted by molar-refractivity contribution is 5.86. The predicted octanol–water partition coefficient (Wildman–Crippen LogP) is 1.82. The monoisotopic (exact) mass is 316 g/mol. The number of fused-ring (bicyclic) bond motifs is 3. The molecular formula is C18H16N6. The van der Waals surface area contributed by atoms with Gasteiger partial charge in [0.15, 0.2) is 0 Å². The van der Waals surface area contributed by atoms with Crippen LogP contribution in [0.25, 0.3) is 16.8 Å². The van der Waals surface area contributed by atoms with E-state index in [2.05, 4.69) is 32.4 Å². The third-order valence-electron chi connectivity index (χ3n) is 4.94. The summed E-state index contributed by atoms with van der Waals surface area (Å²) in [6.07, 6.45) is 6.64. The van der Waals surface area contributed by atoms with E-state index in [0.717, 1.165) is 29.9 Å². The number of nitrogens with zero attached hydrogens (tertiary/aromatic N) is 5. The molecule has 0 saturated carbocycles. The SMILES string of the molecule is N#Cc1c(-c2cccnc2)nn2cccc(N3CC4CC(C3)N4)c12. The Balaban J connectivity index is 1.69. The first-order chi connectivity index (χ1) is 11.8. The summed E-state index contributed by atoms with van der Waals surface area (Å²) < 4.78 is 1.82. The van der Waals surface area contributed by atoms with Crippen molar-refractivity contribution in [3.63, 3.8) is 0 Å². The smallest absolute Gasteiger partial charge is 0.113 e. The Kier molecular flexibility index (Phi) is 2.84. The predicted molar refractivity (Wildman–Crippen MR) is 90.7 cm³/mol. The van der Waals surface area contributed by atoms with Crippen molar-refractivity contribution in [3.8, 4) is 17.3 Å². The lowest BCUT2D eigenvalue weighted by molar-refractivity contribution is 0.226. The molecule has 6 rings (SSSR count). The molecule has 1 N–H and O–H groups in total. The maximum absolute atomic E-state index is 9.80. The topological polar surface area (TPSA) is 69.2 Å². The molecule has 24 heavy (non-hydrogen) atoms. The average molecular weight is 316 g/mol. The molecule has 0 aliphatic carbocycles. The molecule has 6 heterocycles. The molecule has 2 atom stereocenters. The van der Waals surface area contributed by atoms with E-state index in [-0.39, 0.29) is 0 Å². The molecule has 3 saturated heterocycles. The Morgan fingerprint density at radius 3 is 2.75 bits per heavy atom. The zero-order valence-corrected chi connectivity index (χ0v) is 13.1. The van der Waals surface area contributed by atoms with Crippen LogP contribution in [0, 0.1) is 11.3 Å². The van der Waals surface area contributed by atoms with Crippen molar-refractivity contribution in [1.29, 1.82) is 5.26 Å². The molecule has 2 unspecified atom stereocenters. The van der Waals surface area contributed by atoms with Gasteiger partial charge in [-0.25, -0.2) is 4.52 Å². The molecule has 6 nitrogen and oxygen atoms in total. The average Bonchev–Trinajstić information content (AvgIpc) is 3.00. The number of nitrogens with one attached hydrogen (secondary N) is 1. The summed E-state index contributed by atoms with van der Waals surface area (Å²) in [6, 6.07) is 11.4. The van der Waals surface area contributed by atoms with Gasteiger partial charge in [0.1, 0.15) is 22.8 Å². The van der Waals surface area contributed by atoms with Crippen molar-refractivity contribution >= 4 is 11.2 Å². The van der Waals surface area contributed by atoms with Gasteiger partial charge in [0.2, 0.25) is 0 Å². The lowest BCUT2D eigenvalue weighted by Crippen LogP contribution is -2.67. The zero-order chi connectivity index (χ0) is 16.1. The van der Waals surface area contributed by atoms with Gasteiger partial charge in [-0.2, -0.15) is 10.4 Å². The van der Waals surface area contributed by atoms with E-state index in [1.165, 1.54) is 6.42 Å². The van der Waals surface area contributed by atoms with Crippen LogP contribution >= 0.6 is 0 Å². The molecule has 3 aliphatic heterocycles. The Labute approximate surface area is 139 Å². The third kappa shape index (κ3) is 1.92. The molecule has 118 valence electrons. The number of piperazine rings is 1. The van der Waals surface area contributed by atoms with Crippen LogP contribution in [0.1, 0.15) is 12.0 Å². The first kappa shape index (κ1) is 13.5. The number of rotatable bonds is 2. The van der Waals surface area contributed by atoms with E-state index in [4.69, 9.17) is 0 Å². The molecule has 6 heteroatoms. The maximum atomic E-state index is 9.80. The fourth-order valence-electron chi connectivity index (χ4n) is 3.86. The van der Waals surface area contributed by atoms with Gasteiger partial charge in [0, 0.05) is 49.3 Å². The van der Waals surface area contributed by atoms with E-state index in [1.54, 1.807) is 12.4 Å². The van der Waals surface area contributed by atoms with Crippen molar-refractivity contribution < 1.29 is 0 Å². The Hall–Kier alpha value is -2.91. The Morgan fingerprint density at radius 1 is 1.21 bits per heavy atom. The van der Waals surface area contributed by atoms with Gasteiger partial charge in [0.05, 0.1) is 5.69 Å². The van der Waals surface area contributed by atoms with Crippen LogP contribution in [0.4, 0.5) is 5.69 Å². The fraction of sp³-hybridized carbons (Fsp3) is 0.278. The van der Waals surface area contributed by atoms with Crippen LogP contribution in [-0.4, -0.2) is 39.8 Å². The summed E-state index contributed by atoms with van der Waals surface area (Å²) in [5, 5.41) is 18.0. The molecule has 3 fully saturated rings. The number of piperidine rings is 1. The quantitative estimate of drug-likeness (QED) is 0.781. The van der Waals surface area contributed by atoms with Crippen LogP contribution in [-0.2, 0) is 0 Å². The molecule has 3 aliphatic rings. The van der Waals surface area contributed by atoms with E-state index >= 15 is 0 Å². The second-order valence-electron chi connectivity index (χ2n) is 6.46. The zero-order valence-electron chi connectivity index (χ0n) is 13.1. The van der Waals surface area contributed by atoms with E-state index < -0.39 is 0 Å². The molecular weight excluding hydrogens is 300 g/mol. The summed E-state index contributed by atoms with van der Waals surface area (Å²) in [5.41, 5.74) is 4.16. The normalized spacial score (nSPS) is 22.2. The van der Waals surface area contributed by atoms with Gasteiger partial charge < -0.3 is 10.2 Å². The van der Waals surface area contributed by atoms with Gasteiger partial charge in [0.25, 0.3) is 0 Å². The lowest BCUT2D eigenvalue weighted by atomic mass is 9.91. The molecule has 3 aromatic rings. The standard InChI is InChI=1S/C18H16N6/c19-8-15-17(12-3-1-5-20-9-12)22-24-6-2-4-16(18(15)24)23-10-13-7-14(11-23)21-13/h1-6,9,13-14,21H,7,10-11H2. The van der Waals surface area contributed by atoms with Gasteiger partial charge in [-0.15, -0.1) is 0 Å². The first-order valence-corrected chi connectivity index (χ1v) is 8.16. The highest BCUT2D eigenvalue weighted by atomic mass is 15.3. The molecule has 0 radical (unpaired) electrons. The minimum absolute atomic E-state index is 0.565. The number of pyridine rings is 2. The highest BCUT2D eigenvalue weighted by Crippen LogP contribution is 2.34. The molecule has 0 amide bonds. The number of nitriles is 1. The van der Waals surface area contributed by atoms with E-state index in [0.29, 0.717) is 23.3 Å². The molecule has 0 spiro atoms. The second-order valence-corrected chi connectivity index (χ2v) is 6.46. The molecule has 3 aromatic heterocycles. The fourth-order valence-corrected chi connectivity index (χ4v) is 3.86. The van der Waals surface area contributed by atoms with Crippen LogP contribution in [0.5, 0.6) is 0 Å². The van der Waals surface area contributed by atoms with Gasteiger partial charge >= 0.3 is 0 Å². The largest absolute Gasteiger partial charge is 0.367 e. The molecule has 2 bridgehead atoms. The van der Waals surface area contributed by atoms with Gasteiger partial charge in [-0.05, 0) is 30.7 Å². The van der Waals surface area contributed by atoms with Gasteiger partial charge in [-0.3, -0.25) is 4.98 Å². The van der Waals surface area contributed by atoms with Crippen LogP contribution in [0.2, 0.25) is 0 Å². The Morgan fingerprint density at radius 2 is 2.04 bits per heavy atom. The number of aromatic nitrogens is 3.